The lowest BCUT2D eigenvalue weighted by Gasteiger charge is -2.34. The van der Waals surface area contributed by atoms with Gasteiger partial charge in [0.05, 0.1) is 17.4 Å². The van der Waals surface area contributed by atoms with E-state index in [0.29, 0.717) is 12.5 Å². The Labute approximate surface area is 190 Å². The average molecular weight is 435 g/mol. The summed E-state index contributed by atoms with van der Waals surface area (Å²) < 4.78 is 6.02. The minimum Gasteiger partial charge on any atom is -0.493 e. The first-order chi connectivity index (χ1) is 15.5. The van der Waals surface area contributed by atoms with Crippen molar-refractivity contribution >= 4 is 28.3 Å². The van der Waals surface area contributed by atoms with Crippen molar-refractivity contribution in [1.82, 2.24) is 4.90 Å². The van der Waals surface area contributed by atoms with Gasteiger partial charge < -0.3 is 15.0 Å². The number of ether oxygens (including phenoxy) is 1. The van der Waals surface area contributed by atoms with E-state index in [9.17, 15) is 9.59 Å². The lowest BCUT2D eigenvalue weighted by Crippen LogP contribution is -2.47. The number of hydrogen-bond donors (Lipinski definition) is 1. The Morgan fingerprint density at radius 1 is 0.938 bits per heavy atom. The minimum absolute atomic E-state index is 0.0151. The van der Waals surface area contributed by atoms with E-state index >= 15 is 0 Å². The van der Waals surface area contributed by atoms with Crippen LogP contribution in [0.15, 0.2) is 36.4 Å². The normalized spacial score (nSPS) is 20.8. The largest absolute Gasteiger partial charge is 0.493 e. The van der Waals surface area contributed by atoms with Crippen molar-refractivity contribution in [2.24, 2.45) is 16.7 Å². The Hall–Kier alpha value is -2.56. The van der Waals surface area contributed by atoms with Gasteiger partial charge in [-0.2, -0.15) is 0 Å². The Morgan fingerprint density at radius 2 is 1.59 bits per heavy atom. The van der Waals surface area contributed by atoms with Gasteiger partial charge in [0, 0.05) is 29.5 Å². The van der Waals surface area contributed by atoms with Crippen molar-refractivity contribution in [2.45, 2.75) is 58.8 Å². The highest BCUT2D eigenvalue weighted by Crippen LogP contribution is 2.71. The number of fused-ring (bicyclic) bond motifs is 1. The van der Waals surface area contributed by atoms with E-state index in [-0.39, 0.29) is 11.8 Å². The average Bonchev–Trinajstić information content (AvgIpc) is 3.72. The van der Waals surface area contributed by atoms with Gasteiger partial charge in [-0.3, -0.25) is 9.59 Å². The topological polar surface area (TPSA) is 58.6 Å². The molecule has 3 aliphatic rings. The van der Waals surface area contributed by atoms with E-state index in [1.54, 1.807) is 0 Å². The molecule has 0 radical (unpaired) electrons. The third kappa shape index (κ3) is 3.56. The molecule has 32 heavy (non-hydrogen) atoms. The Bertz CT molecular complexity index is 1030. The van der Waals surface area contributed by atoms with E-state index in [1.807, 2.05) is 41.3 Å². The zero-order chi connectivity index (χ0) is 22.3. The molecule has 170 valence electrons. The van der Waals surface area contributed by atoms with E-state index < -0.39 is 10.8 Å². The van der Waals surface area contributed by atoms with Gasteiger partial charge in [0.15, 0.2) is 0 Å². The molecule has 0 bridgehead atoms. The van der Waals surface area contributed by atoms with E-state index in [0.717, 1.165) is 73.8 Å². The summed E-state index contributed by atoms with van der Waals surface area (Å²) in [7, 11) is 0. The summed E-state index contributed by atoms with van der Waals surface area (Å²) in [5.74, 6) is 1.52. The number of anilines is 1. The number of likely N-dealkylation sites (tertiary alicyclic amines) is 1. The SMILES string of the molecule is CC(C)COc1ccc(NC(=O)C2(C3(C(=O)N4CCCCC4)CC3)CC2)c2ccccc12. The van der Waals surface area contributed by atoms with Crippen molar-refractivity contribution in [3.8, 4) is 5.75 Å². The summed E-state index contributed by atoms with van der Waals surface area (Å²) in [6.07, 6.45) is 6.68. The second-order valence-corrected chi connectivity index (χ2v) is 10.3. The lowest BCUT2D eigenvalue weighted by atomic mass is 9.82. The van der Waals surface area contributed by atoms with Crippen LogP contribution in [0.2, 0.25) is 0 Å². The molecule has 0 atom stereocenters. The molecule has 1 saturated heterocycles. The molecule has 0 spiro atoms. The number of carbonyl (C=O) groups is 2. The van der Waals surface area contributed by atoms with Crippen LogP contribution in [0.5, 0.6) is 5.75 Å². The summed E-state index contributed by atoms with van der Waals surface area (Å²) in [5, 5.41) is 5.20. The predicted octanol–water partition coefficient (Wildman–Crippen LogP) is 5.39. The summed E-state index contributed by atoms with van der Waals surface area (Å²) in [6, 6.07) is 11.9. The van der Waals surface area contributed by atoms with Crippen LogP contribution in [0.25, 0.3) is 10.8 Å². The van der Waals surface area contributed by atoms with Gasteiger partial charge in [-0.1, -0.05) is 38.1 Å². The van der Waals surface area contributed by atoms with Gasteiger partial charge >= 0.3 is 0 Å². The van der Waals surface area contributed by atoms with Crippen molar-refractivity contribution in [2.75, 3.05) is 25.0 Å². The maximum absolute atomic E-state index is 13.6. The summed E-state index contributed by atoms with van der Waals surface area (Å²) in [4.78, 5) is 29.1. The van der Waals surface area contributed by atoms with Crippen molar-refractivity contribution in [3.05, 3.63) is 36.4 Å². The van der Waals surface area contributed by atoms with Crippen LogP contribution in [0.4, 0.5) is 5.69 Å². The zero-order valence-electron chi connectivity index (χ0n) is 19.3. The molecule has 0 unspecified atom stereocenters. The van der Waals surface area contributed by atoms with Crippen molar-refractivity contribution in [1.29, 1.82) is 0 Å². The quantitative estimate of drug-likeness (QED) is 0.636. The molecule has 5 nitrogen and oxygen atoms in total. The molecular weight excluding hydrogens is 400 g/mol. The molecule has 0 aromatic heterocycles. The number of carbonyl (C=O) groups excluding carboxylic acids is 2. The maximum Gasteiger partial charge on any atom is 0.231 e. The number of benzene rings is 2. The first-order valence-corrected chi connectivity index (χ1v) is 12.2. The van der Waals surface area contributed by atoms with Crippen LogP contribution >= 0.6 is 0 Å². The third-order valence-corrected chi connectivity index (χ3v) is 7.61. The van der Waals surface area contributed by atoms with Gasteiger partial charge in [0.25, 0.3) is 0 Å². The van der Waals surface area contributed by atoms with Gasteiger partial charge in [-0.05, 0) is 63.0 Å². The zero-order valence-corrected chi connectivity index (χ0v) is 19.3. The standard InChI is InChI=1S/C27H34N2O3/c1-19(2)18-32-23-11-10-22(20-8-4-5-9-21(20)23)28-24(30)26(12-13-26)27(14-15-27)25(31)29-16-6-3-7-17-29/h4-5,8-11,19H,3,6-7,12-18H2,1-2H3,(H,28,30). The monoisotopic (exact) mass is 434 g/mol. The number of hydrogen-bond acceptors (Lipinski definition) is 3. The molecule has 1 aliphatic heterocycles. The minimum atomic E-state index is -0.532. The number of nitrogens with zero attached hydrogens (tertiary/aromatic N) is 1. The fourth-order valence-corrected chi connectivity index (χ4v) is 5.47. The van der Waals surface area contributed by atoms with Gasteiger partial charge in [0.2, 0.25) is 11.8 Å². The fourth-order valence-electron chi connectivity index (χ4n) is 5.47. The summed E-state index contributed by atoms with van der Waals surface area (Å²) >= 11 is 0. The van der Waals surface area contributed by atoms with Crippen LogP contribution in [0.3, 0.4) is 0 Å². The molecule has 1 heterocycles. The molecule has 2 aliphatic carbocycles. The number of amides is 2. The Balaban J connectivity index is 1.38. The molecule has 5 heteroatoms. The van der Waals surface area contributed by atoms with Crippen molar-refractivity contribution in [3.63, 3.8) is 0 Å². The first-order valence-electron chi connectivity index (χ1n) is 12.2. The summed E-state index contributed by atoms with van der Waals surface area (Å²) in [6.45, 7) is 6.61. The van der Waals surface area contributed by atoms with Crippen LogP contribution in [-0.2, 0) is 9.59 Å². The lowest BCUT2D eigenvalue weighted by molar-refractivity contribution is -0.144. The highest BCUT2D eigenvalue weighted by Gasteiger charge is 2.73. The summed E-state index contributed by atoms with van der Waals surface area (Å²) in [5.41, 5.74) is -0.199. The Kier molecular flexibility index (Phi) is 5.39. The Morgan fingerprint density at radius 3 is 2.22 bits per heavy atom. The second kappa shape index (κ2) is 8.09. The molecule has 5 rings (SSSR count). The molecule has 2 aromatic carbocycles. The van der Waals surface area contributed by atoms with Gasteiger partial charge in [-0.25, -0.2) is 0 Å². The van der Waals surface area contributed by atoms with Crippen LogP contribution in [0, 0.1) is 16.7 Å². The van der Waals surface area contributed by atoms with Gasteiger partial charge in [0.1, 0.15) is 5.75 Å². The van der Waals surface area contributed by atoms with E-state index in [2.05, 4.69) is 19.2 Å². The highest BCUT2D eigenvalue weighted by molar-refractivity contribution is 6.09. The fraction of sp³-hybridized carbons (Fsp3) is 0.556. The molecule has 2 aromatic rings. The first kappa shape index (κ1) is 21.3. The second-order valence-electron chi connectivity index (χ2n) is 10.3. The molecule has 2 saturated carbocycles. The van der Waals surface area contributed by atoms with Crippen molar-refractivity contribution < 1.29 is 14.3 Å². The molecule has 3 fully saturated rings. The van der Waals surface area contributed by atoms with E-state index in [4.69, 9.17) is 4.74 Å². The molecule has 2 amide bonds. The maximum atomic E-state index is 13.6. The van der Waals surface area contributed by atoms with Crippen LogP contribution in [-0.4, -0.2) is 36.4 Å². The molecule has 1 N–H and O–H groups in total. The predicted molar refractivity (Wildman–Crippen MR) is 127 cm³/mol. The molecular formula is C27H34N2O3. The van der Waals surface area contributed by atoms with Crippen LogP contribution in [0.1, 0.15) is 58.8 Å². The van der Waals surface area contributed by atoms with Gasteiger partial charge in [-0.15, -0.1) is 0 Å². The number of piperidine rings is 1. The number of nitrogens with one attached hydrogen (secondary N) is 1. The van der Waals surface area contributed by atoms with Crippen LogP contribution < -0.4 is 10.1 Å². The third-order valence-electron chi connectivity index (χ3n) is 7.61. The van der Waals surface area contributed by atoms with E-state index in [1.165, 1.54) is 6.42 Å². The highest BCUT2D eigenvalue weighted by atomic mass is 16.5. The smallest absolute Gasteiger partial charge is 0.231 e. The number of rotatable bonds is 7.